The Hall–Kier alpha value is -0.340. The number of aryl methyl sites for hydroxylation is 1. The first kappa shape index (κ1) is 22.7. The quantitative estimate of drug-likeness (QED) is 0.359. The highest BCUT2D eigenvalue weighted by molar-refractivity contribution is 14.0. The Morgan fingerprint density at radius 1 is 1.30 bits per heavy atom. The Bertz CT molecular complexity index is 457. The topological polar surface area (TPSA) is 39.7 Å². The van der Waals surface area contributed by atoms with Crippen molar-refractivity contribution in [3.05, 3.63) is 21.9 Å². The van der Waals surface area contributed by atoms with Crippen molar-refractivity contribution in [3.8, 4) is 0 Å². The fourth-order valence-electron chi connectivity index (χ4n) is 2.29. The molecule has 0 radical (unpaired) electrons. The number of nitrogens with one attached hydrogen (secondary N) is 2. The number of hydrogen-bond acceptors (Lipinski definition) is 3. The SMILES string of the molecule is CCNC(=NCc1sccc1C)NCC(CC(C)C)N(C)C.I. The summed E-state index contributed by atoms with van der Waals surface area (Å²) < 4.78 is 0. The van der Waals surface area contributed by atoms with Gasteiger partial charge >= 0.3 is 0 Å². The lowest BCUT2D eigenvalue weighted by molar-refractivity contribution is 0.254. The van der Waals surface area contributed by atoms with Gasteiger partial charge in [-0.2, -0.15) is 0 Å². The number of aliphatic imine (C=N–C) groups is 1. The minimum atomic E-state index is 0. The highest BCUT2D eigenvalue weighted by Crippen LogP contribution is 2.16. The molecule has 23 heavy (non-hydrogen) atoms. The maximum atomic E-state index is 4.71. The van der Waals surface area contributed by atoms with Crippen molar-refractivity contribution in [3.63, 3.8) is 0 Å². The summed E-state index contributed by atoms with van der Waals surface area (Å²) >= 11 is 1.78. The van der Waals surface area contributed by atoms with Crippen LogP contribution in [-0.4, -0.2) is 44.1 Å². The number of likely N-dealkylation sites (N-methyl/N-ethyl adjacent to an activating group) is 1. The zero-order chi connectivity index (χ0) is 16.5. The van der Waals surface area contributed by atoms with Gasteiger partial charge in [0.25, 0.3) is 0 Å². The van der Waals surface area contributed by atoms with Gasteiger partial charge in [-0.15, -0.1) is 35.3 Å². The second-order valence-corrected chi connectivity index (χ2v) is 7.35. The Labute approximate surface area is 163 Å². The van der Waals surface area contributed by atoms with E-state index >= 15 is 0 Å². The number of thiophene rings is 1. The number of hydrogen-bond donors (Lipinski definition) is 2. The monoisotopic (exact) mass is 452 g/mol. The Balaban J connectivity index is 0.00000484. The van der Waals surface area contributed by atoms with E-state index < -0.39 is 0 Å². The number of nitrogens with zero attached hydrogens (tertiary/aromatic N) is 2. The van der Waals surface area contributed by atoms with Crippen LogP contribution in [0.1, 0.15) is 37.6 Å². The summed E-state index contributed by atoms with van der Waals surface area (Å²) in [5.41, 5.74) is 1.33. The van der Waals surface area contributed by atoms with E-state index in [0.29, 0.717) is 12.0 Å². The van der Waals surface area contributed by atoms with Crippen LogP contribution in [-0.2, 0) is 6.54 Å². The molecule has 0 amide bonds. The highest BCUT2D eigenvalue weighted by Gasteiger charge is 2.13. The highest BCUT2D eigenvalue weighted by atomic mass is 127. The Morgan fingerprint density at radius 2 is 2.00 bits per heavy atom. The number of halogens is 1. The van der Waals surface area contributed by atoms with Gasteiger partial charge in [-0.3, -0.25) is 0 Å². The van der Waals surface area contributed by atoms with Gasteiger partial charge in [0.05, 0.1) is 6.54 Å². The van der Waals surface area contributed by atoms with Crippen LogP contribution in [0.5, 0.6) is 0 Å². The summed E-state index contributed by atoms with van der Waals surface area (Å²) in [4.78, 5) is 8.34. The molecule has 1 aromatic heterocycles. The predicted octanol–water partition coefficient (Wildman–Crippen LogP) is 3.71. The fraction of sp³-hybridized carbons (Fsp3) is 0.706. The van der Waals surface area contributed by atoms with Gasteiger partial charge in [0.1, 0.15) is 0 Å². The average molecular weight is 452 g/mol. The Morgan fingerprint density at radius 3 is 2.48 bits per heavy atom. The molecule has 1 unspecified atom stereocenters. The molecule has 1 heterocycles. The van der Waals surface area contributed by atoms with Crippen molar-refractivity contribution in [2.75, 3.05) is 27.2 Å². The molecule has 1 rings (SSSR count). The molecule has 0 aliphatic carbocycles. The largest absolute Gasteiger partial charge is 0.357 e. The molecule has 0 spiro atoms. The first-order chi connectivity index (χ1) is 10.4. The molecular formula is C17H33IN4S. The standard InChI is InChI=1S/C17H32N4S.HI/c1-7-18-17(20-12-16-14(4)8-9-22-16)19-11-15(21(5)6)10-13(2)3;/h8-9,13,15H,7,10-12H2,1-6H3,(H2,18,19,20);1H. The van der Waals surface area contributed by atoms with Gasteiger partial charge in [-0.05, 0) is 57.3 Å². The van der Waals surface area contributed by atoms with E-state index in [1.54, 1.807) is 11.3 Å². The van der Waals surface area contributed by atoms with Crippen LogP contribution in [0.15, 0.2) is 16.4 Å². The van der Waals surface area contributed by atoms with E-state index in [-0.39, 0.29) is 24.0 Å². The van der Waals surface area contributed by atoms with Gasteiger partial charge < -0.3 is 15.5 Å². The van der Waals surface area contributed by atoms with Crippen molar-refractivity contribution in [1.82, 2.24) is 15.5 Å². The molecule has 0 bridgehead atoms. The first-order valence-electron chi connectivity index (χ1n) is 8.15. The van der Waals surface area contributed by atoms with Crippen molar-refractivity contribution >= 4 is 41.3 Å². The summed E-state index contributed by atoms with van der Waals surface area (Å²) in [5.74, 6) is 1.60. The minimum Gasteiger partial charge on any atom is -0.357 e. The van der Waals surface area contributed by atoms with Crippen LogP contribution < -0.4 is 10.6 Å². The summed E-state index contributed by atoms with van der Waals surface area (Å²) in [6.07, 6.45) is 1.18. The summed E-state index contributed by atoms with van der Waals surface area (Å²) in [6.45, 7) is 11.3. The zero-order valence-electron chi connectivity index (χ0n) is 15.3. The van der Waals surface area contributed by atoms with Crippen LogP contribution in [0, 0.1) is 12.8 Å². The predicted molar refractivity (Wildman–Crippen MR) is 114 cm³/mol. The average Bonchev–Trinajstić information content (AvgIpc) is 2.85. The van der Waals surface area contributed by atoms with Gasteiger partial charge in [-0.1, -0.05) is 13.8 Å². The van der Waals surface area contributed by atoms with Gasteiger partial charge in [0.2, 0.25) is 0 Å². The van der Waals surface area contributed by atoms with E-state index in [4.69, 9.17) is 4.99 Å². The Kier molecular flexibility index (Phi) is 11.9. The van der Waals surface area contributed by atoms with Crippen LogP contribution >= 0.6 is 35.3 Å². The molecule has 0 saturated carbocycles. The third-order valence-corrected chi connectivity index (χ3v) is 4.68. The van der Waals surface area contributed by atoms with E-state index in [1.807, 2.05) is 0 Å². The molecule has 134 valence electrons. The van der Waals surface area contributed by atoms with Crippen LogP contribution in [0.4, 0.5) is 0 Å². The molecule has 2 N–H and O–H groups in total. The van der Waals surface area contributed by atoms with E-state index in [2.05, 4.69) is 68.8 Å². The summed E-state index contributed by atoms with van der Waals surface area (Å²) in [6, 6.07) is 2.67. The molecule has 1 aromatic rings. The fourth-order valence-corrected chi connectivity index (χ4v) is 3.12. The molecule has 0 aromatic carbocycles. The van der Waals surface area contributed by atoms with Crippen LogP contribution in [0.2, 0.25) is 0 Å². The van der Waals surface area contributed by atoms with Gasteiger partial charge in [0.15, 0.2) is 5.96 Å². The minimum absolute atomic E-state index is 0. The van der Waals surface area contributed by atoms with Crippen molar-refractivity contribution in [2.45, 2.75) is 46.7 Å². The normalized spacial score (nSPS) is 13.1. The van der Waals surface area contributed by atoms with Gasteiger partial charge in [0, 0.05) is 24.0 Å². The van der Waals surface area contributed by atoms with Crippen LogP contribution in [0.3, 0.4) is 0 Å². The smallest absolute Gasteiger partial charge is 0.191 e. The third kappa shape index (κ3) is 8.91. The lowest BCUT2D eigenvalue weighted by Crippen LogP contribution is -2.45. The van der Waals surface area contributed by atoms with E-state index in [1.165, 1.54) is 16.9 Å². The molecule has 0 aliphatic heterocycles. The third-order valence-electron chi connectivity index (χ3n) is 3.67. The molecular weight excluding hydrogens is 419 g/mol. The van der Waals surface area contributed by atoms with Crippen LogP contribution in [0.25, 0.3) is 0 Å². The maximum Gasteiger partial charge on any atom is 0.191 e. The molecule has 0 saturated heterocycles. The van der Waals surface area contributed by atoms with E-state index in [0.717, 1.165) is 25.6 Å². The van der Waals surface area contributed by atoms with Gasteiger partial charge in [-0.25, -0.2) is 4.99 Å². The summed E-state index contributed by atoms with van der Waals surface area (Å²) in [5, 5.41) is 8.96. The second kappa shape index (κ2) is 12.1. The second-order valence-electron chi connectivity index (χ2n) is 6.35. The van der Waals surface area contributed by atoms with Crippen molar-refractivity contribution in [1.29, 1.82) is 0 Å². The summed E-state index contributed by atoms with van der Waals surface area (Å²) in [7, 11) is 4.29. The molecule has 0 fully saturated rings. The molecule has 4 nitrogen and oxygen atoms in total. The molecule has 1 atom stereocenters. The molecule has 6 heteroatoms. The molecule has 0 aliphatic rings. The number of rotatable bonds is 8. The van der Waals surface area contributed by atoms with Crippen molar-refractivity contribution < 1.29 is 0 Å². The lowest BCUT2D eigenvalue weighted by atomic mass is 10.0. The lowest BCUT2D eigenvalue weighted by Gasteiger charge is -2.27. The zero-order valence-corrected chi connectivity index (χ0v) is 18.5. The van der Waals surface area contributed by atoms with Crippen molar-refractivity contribution in [2.24, 2.45) is 10.9 Å². The maximum absolute atomic E-state index is 4.71. The first-order valence-corrected chi connectivity index (χ1v) is 9.03. The number of guanidine groups is 1. The van der Waals surface area contributed by atoms with E-state index in [9.17, 15) is 0 Å².